The average Bonchev–Trinajstić information content (AvgIpc) is 3.23. The van der Waals surface area contributed by atoms with Crippen LogP contribution in [0, 0.1) is 11.3 Å². The van der Waals surface area contributed by atoms with E-state index in [-0.39, 0.29) is 0 Å². The number of fused-ring (bicyclic) bond motifs is 1. The predicted octanol–water partition coefficient (Wildman–Crippen LogP) is 3.92. The van der Waals surface area contributed by atoms with E-state index in [4.69, 9.17) is 0 Å². The first-order valence-electron chi connectivity index (χ1n) is 9.89. The first kappa shape index (κ1) is 13.3. The largest absolute Gasteiger partial charge is 0.378 e. The minimum atomic E-state index is 0.362. The molecule has 0 unspecified atom stereocenters. The maximum absolute atomic E-state index is 4.15. The highest BCUT2D eigenvalue weighted by molar-refractivity contribution is 5.69. The molecule has 2 nitrogen and oxygen atoms in total. The Kier molecular flexibility index (Phi) is 2.10. The number of rotatable bonds is 1. The molecule has 6 atom stereocenters. The molecule has 0 amide bonds. The van der Waals surface area contributed by atoms with E-state index in [9.17, 15) is 0 Å². The third-order valence-corrected chi connectivity index (χ3v) is 9.53. The molecular weight excluding hydrogens is 280 g/mol. The zero-order valence-electron chi connectivity index (χ0n) is 14.6. The van der Waals surface area contributed by atoms with Crippen LogP contribution in [0.25, 0.3) is 0 Å². The zero-order chi connectivity index (χ0) is 15.5. The van der Waals surface area contributed by atoms with Gasteiger partial charge in [-0.05, 0) is 50.2 Å². The molecule has 1 aromatic rings. The van der Waals surface area contributed by atoms with Gasteiger partial charge in [-0.25, -0.2) is 0 Å². The summed E-state index contributed by atoms with van der Waals surface area (Å²) < 4.78 is 1.43. The smallest absolute Gasteiger partial charge is 0.107 e. The van der Waals surface area contributed by atoms with Crippen molar-refractivity contribution >= 4 is 5.69 Å². The summed E-state index contributed by atoms with van der Waals surface area (Å²) in [5.74, 6) is 0.831. The number of piperidine rings is 1. The molecule has 1 N–H and O–H groups in total. The number of hydrogen-bond donors (Lipinski definition) is 1. The van der Waals surface area contributed by atoms with Crippen LogP contribution in [0.3, 0.4) is 0 Å². The van der Waals surface area contributed by atoms with E-state index in [0.29, 0.717) is 16.4 Å². The van der Waals surface area contributed by atoms with Gasteiger partial charge in [-0.3, -0.25) is 0 Å². The lowest BCUT2D eigenvalue weighted by Gasteiger charge is -2.55. The van der Waals surface area contributed by atoms with Crippen LogP contribution in [0.1, 0.15) is 51.5 Å². The van der Waals surface area contributed by atoms with Crippen LogP contribution in [0.2, 0.25) is 0 Å². The van der Waals surface area contributed by atoms with Gasteiger partial charge in [0.05, 0.1) is 30.6 Å². The summed E-state index contributed by atoms with van der Waals surface area (Å²) in [6.07, 6.45) is 7.25. The fraction of sp³-hybridized carbons (Fsp3) is 0.714. The number of hydrogen-bond acceptors (Lipinski definition) is 1. The molecule has 0 aromatic heterocycles. The third-order valence-electron chi connectivity index (χ3n) is 9.53. The van der Waals surface area contributed by atoms with E-state index >= 15 is 0 Å². The van der Waals surface area contributed by atoms with Crippen molar-refractivity contribution in [3.8, 4) is 0 Å². The Morgan fingerprint density at radius 2 is 2.00 bits per heavy atom. The van der Waals surface area contributed by atoms with E-state index in [2.05, 4.69) is 43.4 Å². The third kappa shape index (κ3) is 1.05. The lowest BCUT2D eigenvalue weighted by Crippen LogP contribution is -2.66. The predicted molar refractivity (Wildman–Crippen MR) is 93.5 cm³/mol. The summed E-state index contributed by atoms with van der Waals surface area (Å²) in [6, 6.07) is 10.2. The van der Waals surface area contributed by atoms with E-state index in [1.807, 2.05) is 0 Å². The first-order valence-corrected chi connectivity index (χ1v) is 9.89. The molecule has 1 aromatic carbocycles. The second-order valence-electron chi connectivity index (χ2n) is 9.31. The summed E-state index contributed by atoms with van der Waals surface area (Å²) in [7, 11) is 0. The zero-order valence-corrected chi connectivity index (χ0v) is 14.6. The second kappa shape index (κ2) is 3.64. The Labute approximate surface area is 139 Å². The van der Waals surface area contributed by atoms with Crippen molar-refractivity contribution in [3.63, 3.8) is 0 Å². The Bertz CT molecular complexity index is 714. The highest BCUT2D eigenvalue weighted by Gasteiger charge is 2.86. The molecular formula is C21H29N2+. The van der Waals surface area contributed by atoms with E-state index < -0.39 is 0 Å². The van der Waals surface area contributed by atoms with Crippen LogP contribution >= 0.6 is 0 Å². The molecule has 3 aliphatic heterocycles. The normalized spacial score (nSPS) is 54.5. The molecule has 4 fully saturated rings. The van der Waals surface area contributed by atoms with Gasteiger partial charge in [0.25, 0.3) is 0 Å². The molecule has 2 saturated carbocycles. The summed E-state index contributed by atoms with van der Waals surface area (Å²) >= 11 is 0. The van der Waals surface area contributed by atoms with Crippen LogP contribution in [0.4, 0.5) is 5.69 Å². The maximum Gasteiger partial charge on any atom is 0.107 e. The molecule has 3 spiro atoms. The van der Waals surface area contributed by atoms with Gasteiger partial charge in [-0.1, -0.05) is 25.1 Å². The summed E-state index contributed by atoms with van der Waals surface area (Å²) in [5.41, 5.74) is 4.56. The Morgan fingerprint density at radius 1 is 1.13 bits per heavy atom. The highest BCUT2D eigenvalue weighted by Crippen LogP contribution is 2.79. The average molecular weight is 309 g/mol. The van der Waals surface area contributed by atoms with Crippen LogP contribution in [0.15, 0.2) is 24.3 Å². The monoisotopic (exact) mass is 309 g/mol. The molecule has 2 aliphatic carbocycles. The molecule has 122 valence electrons. The van der Waals surface area contributed by atoms with Gasteiger partial charge in [0, 0.05) is 17.5 Å². The number of nitrogens with zero attached hydrogens (tertiary/aromatic N) is 1. The van der Waals surface area contributed by atoms with Gasteiger partial charge in [0.1, 0.15) is 6.04 Å². The van der Waals surface area contributed by atoms with E-state index in [1.54, 1.807) is 5.56 Å². The number of quaternary nitrogens is 1. The minimum absolute atomic E-state index is 0.362. The Balaban J connectivity index is 1.70. The van der Waals surface area contributed by atoms with Gasteiger partial charge in [-0.2, -0.15) is 0 Å². The molecule has 23 heavy (non-hydrogen) atoms. The van der Waals surface area contributed by atoms with Crippen molar-refractivity contribution in [2.24, 2.45) is 11.3 Å². The van der Waals surface area contributed by atoms with Crippen molar-refractivity contribution in [2.45, 2.75) is 62.9 Å². The topological polar surface area (TPSA) is 12.0 Å². The van der Waals surface area contributed by atoms with Crippen molar-refractivity contribution in [3.05, 3.63) is 29.8 Å². The summed E-state index contributed by atoms with van der Waals surface area (Å²) in [5, 5.41) is 4.15. The van der Waals surface area contributed by atoms with Crippen molar-refractivity contribution < 1.29 is 4.48 Å². The molecule has 0 radical (unpaired) electrons. The number of para-hydroxylation sites is 1. The standard InChI is InChI=1S/C21H29N2/c1-3-23-13-6-9-19-10-11-21(15(19)2)20(12-14-23,18(19)23)16-7-4-5-8-17(16)22-21/h4-5,7-8,15,18,22H,3,6,9-14H2,1-2H3/q+1/t15-,18+,19+,20-,21-,23+/m1/s1. The van der Waals surface area contributed by atoms with Crippen molar-refractivity contribution in [1.29, 1.82) is 0 Å². The fourth-order valence-electron chi connectivity index (χ4n) is 8.94. The van der Waals surface area contributed by atoms with E-state index in [0.717, 1.165) is 12.0 Å². The number of anilines is 1. The van der Waals surface area contributed by atoms with Gasteiger partial charge in [0.2, 0.25) is 0 Å². The molecule has 2 heteroatoms. The quantitative estimate of drug-likeness (QED) is 0.775. The van der Waals surface area contributed by atoms with Gasteiger partial charge in [0.15, 0.2) is 0 Å². The van der Waals surface area contributed by atoms with Crippen LogP contribution in [-0.4, -0.2) is 35.7 Å². The molecule has 3 heterocycles. The summed E-state index contributed by atoms with van der Waals surface area (Å²) in [6.45, 7) is 9.29. The fourth-order valence-corrected chi connectivity index (χ4v) is 8.94. The molecule has 2 bridgehead atoms. The highest BCUT2D eigenvalue weighted by atomic mass is 15.4. The second-order valence-corrected chi connectivity index (χ2v) is 9.31. The van der Waals surface area contributed by atoms with Gasteiger partial charge in [-0.15, -0.1) is 0 Å². The van der Waals surface area contributed by atoms with Gasteiger partial charge >= 0.3 is 0 Å². The molecule has 2 saturated heterocycles. The Morgan fingerprint density at radius 3 is 2.87 bits per heavy atom. The molecule has 6 rings (SSSR count). The minimum Gasteiger partial charge on any atom is -0.378 e. The maximum atomic E-state index is 4.15. The lowest BCUT2D eigenvalue weighted by molar-refractivity contribution is -0.952. The van der Waals surface area contributed by atoms with Crippen LogP contribution in [0.5, 0.6) is 0 Å². The first-order chi connectivity index (χ1) is 11.2. The number of benzene rings is 1. The van der Waals surface area contributed by atoms with Crippen LogP contribution < -0.4 is 5.32 Å². The Hall–Kier alpha value is -1.02. The summed E-state index contributed by atoms with van der Waals surface area (Å²) in [4.78, 5) is 0. The van der Waals surface area contributed by atoms with Crippen molar-refractivity contribution in [2.75, 3.05) is 25.0 Å². The molecule has 5 aliphatic rings. The van der Waals surface area contributed by atoms with Crippen LogP contribution in [-0.2, 0) is 5.41 Å². The van der Waals surface area contributed by atoms with E-state index in [1.165, 1.54) is 61.9 Å². The SMILES string of the molecule is CC[N@+]12CCC[C@@]34CC[C@@]5(Nc6ccccc6[C@]5(CC1)[C@H]32)[C@@H]4C. The van der Waals surface area contributed by atoms with Gasteiger partial charge < -0.3 is 9.80 Å². The number of likely N-dealkylation sites (N-methyl/N-ethyl adjacent to an activating group) is 1. The van der Waals surface area contributed by atoms with Crippen molar-refractivity contribution in [1.82, 2.24) is 0 Å². The lowest BCUT2D eigenvalue weighted by atomic mass is 9.59. The number of nitrogens with one attached hydrogen (secondary N) is 1.